The van der Waals surface area contributed by atoms with Gasteiger partial charge in [-0.05, 0) is 6.42 Å². The lowest BCUT2D eigenvalue weighted by atomic mass is 9.99. The Hall–Kier alpha value is -0.730. The van der Waals surface area contributed by atoms with Gasteiger partial charge in [0, 0.05) is 6.42 Å². The third-order valence-electron chi connectivity index (χ3n) is 2.84. The third kappa shape index (κ3) is 3.63. The van der Waals surface area contributed by atoms with Gasteiger partial charge < -0.3 is 29.9 Å². The van der Waals surface area contributed by atoms with Gasteiger partial charge in [0.1, 0.15) is 18.3 Å². The van der Waals surface area contributed by atoms with Crippen molar-refractivity contribution in [1.29, 1.82) is 0 Å². The first-order valence-electron chi connectivity index (χ1n) is 6.01. The van der Waals surface area contributed by atoms with Crippen LogP contribution < -0.4 is 0 Å². The van der Waals surface area contributed by atoms with Gasteiger partial charge in [0.05, 0.1) is 6.61 Å². The Bertz CT molecular complexity index is 268. The molecule has 1 saturated heterocycles. The average molecular weight is 264 g/mol. The molecule has 0 aliphatic carbocycles. The molecule has 0 aromatic heterocycles. The van der Waals surface area contributed by atoms with Gasteiger partial charge in [0.2, 0.25) is 0 Å². The molecule has 0 bridgehead atoms. The van der Waals surface area contributed by atoms with Gasteiger partial charge in [-0.25, -0.2) is 0 Å². The summed E-state index contributed by atoms with van der Waals surface area (Å²) in [5.41, 5.74) is 0. The Morgan fingerprint density at radius 3 is 2.50 bits per heavy atom. The maximum atomic E-state index is 11.5. The number of unbranched alkanes of at least 4 members (excludes halogenated alkanes) is 1. The molecule has 4 N–H and O–H groups in total. The van der Waals surface area contributed by atoms with Crippen molar-refractivity contribution in [3.05, 3.63) is 0 Å². The topological polar surface area (TPSA) is 116 Å². The SMILES string of the molecule is CCCCC(=O)O[C@H]1[C@H](O)[C@@H](O)C(O)O[C@@H]1CO. The zero-order chi connectivity index (χ0) is 13.7. The smallest absolute Gasteiger partial charge is 0.306 e. The minimum absolute atomic E-state index is 0.191. The van der Waals surface area contributed by atoms with E-state index in [1.807, 2.05) is 6.92 Å². The second-order valence-corrected chi connectivity index (χ2v) is 4.29. The summed E-state index contributed by atoms with van der Waals surface area (Å²) in [6.07, 6.45) is -5.24. The van der Waals surface area contributed by atoms with E-state index in [2.05, 4.69) is 0 Å². The average Bonchev–Trinajstić information content (AvgIpc) is 2.36. The molecule has 106 valence electrons. The quantitative estimate of drug-likeness (QED) is 0.447. The summed E-state index contributed by atoms with van der Waals surface area (Å²) in [6, 6.07) is 0. The summed E-state index contributed by atoms with van der Waals surface area (Å²) < 4.78 is 9.84. The predicted molar refractivity (Wildman–Crippen MR) is 59.4 cm³/mol. The van der Waals surface area contributed by atoms with Crippen LogP contribution in [0.1, 0.15) is 26.2 Å². The Labute approximate surface area is 105 Å². The molecule has 0 aromatic carbocycles. The van der Waals surface area contributed by atoms with Crippen molar-refractivity contribution in [3.63, 3.8) is 0 Å². The van der Waals surface area contributed by atoms with Crippen molar-refractivity contribution in [2.75, 3.05) is 6.61 Å². The van der Waals surface area contributed by atoms with E-state index in [1.54, 1.807) is 0 Å². The van der Waals surface area contributed by atoms with Gasteiger partial charge in [-0.3, -0.25) is 4.79 Å². The molecular weight excluding hydrogens is 244 g/mol. The lowest BCUT2D eigenvalue weighted by molar-refractivity contribution is -0.289. The Morgan fingerprint density at radius 2 is 1.94 bits per heavy atom. The summed E-state index contributed by atoms with van der Waals surface area (Å²) in [5.74, 6) is -0.536. The van der Waals surface area contributed by atoms with E-state index < -0.39 is 43.3 Å². The standard InChI is InChI=1S/C11H20O7/c1-2-3-4-7(13)18-10-6(5-12)17-11(16)9(15)8(10)14/h6,8-12,14-16H,2-5H2,1H3/t6-,8-,9-,10-,11?/m1/s1. The first kappa shape index (κ1) is 15.3. The van der Waals surface area contributed by atoms with Crippen molar-refractivity contribution < 1.29 is 34.7 Å². The van der Waals surface area contributed by atoms with E-state index in [0.717, 1.165) is 6.42 Å². The largest absolute Gasteiger partial charge is 0.457 e. The Kier molecular flexibility index (Phi) is 5.97. The van der Waals surface area contributed by atoms with Crippen LogP contribution in [-0.2, 0) is 14.3 Å². The van der Waals surface area contributed by atoms with Crippen LogP contribution in [0.5, 0.6) is 0 Å². The molecule has 0 spiro atoms. The summed E-state index contributed by atoms with van der Waals surface area (Å²) in [4.78, 5) is 11.5. The molecule has 7 nitrogen and oxygen atoms in total. The second kappa shape index (κ2) is 7.01. The van der Waals surface area contributed by atoms with Gasteiger partial charge in [0.25, 0.3) is 0 Å². The van der Waals surface area contributed by atoms with E-state index in [4.69, 9.17) is 14.6 Å². The minimum atomic E-state index is -1.61. The molecule has 0 saturated carbocycles. The summed E-state index contributed by atoms with van der Waals surface area (Å²) in [6.45, 7) is 1.38. The van der Waals surface area contributed by atoms with Gasteiger partial charge in [-0.1, -0.05) is 13.3 Å². The normalized spacial score (nSPS) is 36.4. The number of carbonyl (C=O) groups is 1. The Morgan fingerprint density at radius 1 is 1.28 bits per heavy atom. The van der Waals surface area contributed by atoms with Crippen LogP contribution in [0, 0.1) is 0 Å². The van der Waals surface area contributed by atoms with Crippen molar-refractivity contribution in [2.45, 2.75) is 56.9 Å². The predicted octanol–water partition coefficient (Wildman–Crippen LogP) is -1.48. The van der Waals surface area contributed by atoms with Crippen molar-refractivity contribution in [3.8, 4) is 0 Å². The summed E-state index contributed by atoms with van der Waals surface area (Å²) in [5, 5.41) is 37.4. The lowest BCUT2D eigenvalue weighted by Crippen LogP contribution is -2.59. The van der Waals surface area contributed by atoms with Gasteiger partial charge in [-0.15, -0.1) is 0 Å². The molecule has 7 heteroatoms. The molecule has 1 aliphatic rings. The van der Waals surface area contributed by atoms with Crippen LogP contribution in [0.2, 0.25) is 0 Å². The molecule has 5 atom stereocenters. The molecule has 1 heterocycles. The molecule has 18 heavy (non-hydrogen) atoms. The molecule has 1 rings (SSSR count). The molecular formula is C11H20O7. The first-order chi connectivity index (χ1) is 8.51. The number of carbonyl (C=O) groups excluding carboxylic acids is 1. The number of hydrogen-bond donors (Lipinski definition) is 4. The van der Waals surface area contributed by atoms with E-state index in [9.17, 15) is 20.1 Å². The zero-order valence-electron chi connectivity index (χ0n) is 10.2. The fourth-order valence-electron chi connectivity index (χ4n) is 1.74. The first-order valence-corrected chi connectivity index (χ1v) is 6.01. The fourth-order valence-corrected chi connectivity index (χ4v) is 1.74. The van der Waals surface area contributed by atoms with Crippen LogP contribution in [0.15, 0.2) is 0 Å². The molecule has 0 aromatic rings. The van der Waals surface area contributed by atoms with Crippen LogP contribution in [0.4, 0.5) is 0 Å². The van der Waals surface area contributed by atoms with E-state index in [1.165, 1.54) is 0 Å². The lowest BCUT2D eigenvalue weighted by Gasteiger charge is -2.39. The van der Waals surface area contributed by atoms with Crippen molar-refractivity contribution in [1.82, 2.24) is 0 Å². The highest BCUT2D eigenvalue weighted by molar-refractivity contribution is 5.69. The highest BCUT2D eigenvalue weighted by atomic mass is 16.7. The number of esters is 1. The van der Waals surface area contributed by atoms with E-state index >= 15 is 0 Å². The minimum Gasteiger partial charge on any atom is -0.457 e. The van der Waals surface area contributed by atoms with Crippen molar-refractivity contribution >= 4 is 5.97 Å². The molecule has 1 fully saturated rings. The molecule has 0 radical (unpaired) electrons. The maximum Gasteiger partial charge on any atom is 0.306 e. The monoisotopic (exact) mass is 264 g/mol. The van der Waals surface area contributed by atoms with Crippen LogP contribution in [0.25, 0.3) is 0 Å². The van der Waals surface area contributed by atoms with Gasteiger partial charge >= 0.3 is 5.97 Å². The van der Waals surface area contributed by atoms with Crippen molar-refractivity contribution in [2.24, 2.45) is 0 Å². The van der Waals surface area contributed by atoms with Crippen LogP contribution in [-0.4, -0.2) is 63.7 Å². The van der Waals surface area contributed by atoms with Gasteiger partial charge in [-0.2, -0.15) is 0 Å². The van der Waals surface area contributed by atoms with Crippen LogP contribution >= 0.6 is 0 Å². The third-order valence-corrected chi connectivity index (χ3v) is 2.84. The number of aliphatic hydroxyl groups is 4. The summed E-state index contributed by atoms with van der Waals surface area (Å²) in [7, 11) is 0. The number of aliphatic hydroxyl groups excluding tert-OH is 4. The number of hydrogen-bond acceptors (Lipinski definition) is 7. The van der Waals surface area contributed by atoms with E-state index in [0.29, 0.717) is 6.42 Å². The van der Waals surface area contributed by atoms with Crippen LogP contribution in [0.3, 0.4) is 0 Å². The molecule has 1 aliphatic heterocycles. The zero-order valence-corrected chi connectivity index (χ0v) is 10.2. The number of rotatable bonds is 5. The highest BCUT2D eigenvalue weighted by Gasteiger charge is 2.45. The maximum absolute atomic E-state index is 11.5. The van der Waals surface area contributed by atoms with E-state index in [-0.39, 0.29) is 6.42 Å². The molecule has 0 amide bonds. The fraction of sp³-hybridized carbons (Fsp3) is 0.909. The number of ether oxygens (including phenoxy) is 2. The Balaban J connectivity index is 2.62. The highest BCUT2D eigenvalue weighted by Crippen LogP contribution is 2.22. The van der Waals surface area contributed by atoms with Gasteiger partial charge in [0.15, 0.2) is 12.4 Å². The summed E-state index contributed by atoms with van der Waals surface area (Å²) >= 11 is 0. The second-order valence-electron chi connectivity index (χ2n) is 4.29. The molecule has 1 unspecified atom stereocenters.